The monoisotopic (exact) mass is 391 g/mol. The first-order valence-electron chi connectivity index (χ1n) is 7.30. The van der Waals surface area contributed by atoms with Gasteiger partial charge in [-0.25, -0.2) is 4.68 Å². The zero-order chi connectivity index (χ0) is 18.8. The number of benzene rings is 2. The lowest BCUT2D eigenvalue weighted by atomic mass is 10.3. The third-order valence-corrected chi connectivity index (χ3v) is 4.25. The van der Waals surface area contributed by atoms with Gasteiger partial charge in [-0.3, -0.25) is 20.0 Å². The van der Waals surface area contributed by atoms with E-state index in [-0.39, 0.29) is 17.1 Å². The van der Waals surface area contributed by atoms with Gasteiger partial charge in [0.05, 0.1) is 32.0 Å². The van der Waals surface area contributed by atoms with Gasteiger partial charge >= 0.3 is 0 Å². The molecule has 10 heteroatoms. The predicted molar refractivity (Wildman–Crippen MR) is 98.4 cm³/mol. The molecule has 3 rings (SSSR count). The van der Waals surface area contributed by atoms with Gasteiger partial charge in [-0.15, -0.1) is 5.11 Å². The first-order chi connectivity index (χ1) is 12.4. The van der Waals surface area contributed by atoms with E-state index in [0.717, 1.165) is 0 Å². The maximum atomic E-state index is 12.6. The molecule has 0 fully saturated rings. The molecule has 0 atom stereocenters. The lowest BCUT2D eigenvalue weighted by molar-refractivity contribution is -0.384. The van der Waals surface area contributed by atoms with Gasteiger partial charge in [-0.1, -0.05) is 29.3 Å². The summed E-state index contributed by atoms with van der Waals surface area (Å²) in [5.74, 6) is 0. The van der Waals surface area contributed by atoms with E-state index in [0.29, 0.717) is 21.4 Å². The number of H-pyrrole nitrogens is 1. The van der Waals surface area contributed by atoms with Gasteiger partial charge in [0.1, 0.15) is 0 Å². The van der Waals surface area contributed by atoms with Crippen molar-refractivity contribution in [2.24, 2.45) is 10.2 Å². The van der Waals surface area contributed by atoms with Gasteiger partial charge in [-0.2, -0.15) is 5.11 Å². The highest BCUT2D eigenvalue weighted by Gasteiger charge is 2.13. The Morgan fingerprint density at radius 1 is 1.12 bits per heavy atom. The van der Waals surface area contributed by atoms with E-state index in [1.54, 1.807) is 31.2 Å². The number of nitrogens with one attached hydrogen (secondary N) is 1. The summed E-state index contributed by atoms with van der Waals surface area (Å²) >= 11 is 11.9. The van der Waals surface area contributed by atoms with Crippen LogP contribution < -0.4 is 5.56 Å². The van der Waals surface area contributed by atoms with Crippen molar-refractivity contribution in [1.29, 1.82) is 0 Å². The Kier molecular flexibility index (Phi) is 4.88. The molecule has 0 spiro atoms. The number of nitro groups is 1. The van der Waals surface area contributed by atoms with E-state index < -0.39 is 10.5 Å². The first-order valence-corrected chi connectivity index (χ1v) is 8.05. The van der Waals surface area contributed by atoms with E-state index >= 15 is 0 Å². The van der Waals surface area contributed by atoms with Crippen molar-refractivity contribution in [1.82, 2.24) is 9.78 Å². The minimum absolute atomic E-state index is 0.0857. The Morgan fingerprint density at radius 3 is 2.58 bits per heavy atom. The Labute approximate surface area is 156 Å². The molecule has 8 nitrogen and oxygen atoms in total. The molecule has 0 saturated heterocycles. The number of hydrogen-bond donors (Lipinski definition) is 1. The van der Waals surface area contributed by atoms with Gasteiger partial charge < -0.3 is 0 Å². The molecule has 1 heterocycles. The van der Waals surface area contributed by atoms with Crippen molar-refractivity contribution < 1.29 is 4.92 Å². The maximum Gasteiger partial charge on any atom is 0.299 e. The summed E-state index contributed by atoms with van der Waals surface area (Å²) < 4.78 is 1.26. The van der Waals surface area contributed by atoms with E-state index in [2.05, 4.69) is 15.3 Å². The number of nitrogens with zero attached hydrogens (tertiary/aromatic N) is 4. The fraction of sp³-hybridized carbons (Fsp3) is 0.0625. The van der Waals surface area contributed by atoms with E-state index in [9.17, 15) is 14.9 Å². The number of hydrogen-bond acceptors (Lipinski definition) is 5. The molecule has 26 heavy (non-hydrogen) atoms. The highest BCUT2D eigenvalue weighted by Crippen LogP contribution is 2.25. The van der Waals surface area contributed by atoms with Crippen molar-refractivity contribution in [2.45, 2.75) is 6.92 Å². The summed E-state index contributed by atoms with van der Waals surface area (Å²) in [5, 5.41) is 22.2. The smallest absolute Gasteiger partial charge is 0.293 e. The Bertz CT molecular complexity index is 1090. The second-order valence-electron chi connectivity index (χ2n) is 5.30. The van der Waals surface area contributed by atoms with Crippen LogP contribution in [0.1, 0.15) is 5.69 Å². The van der Waals surface area contributed by atoms with Crippen LogP contribution >= 0.6 is 23.2 Å². The van der Waals surface area contributed by atoms with Gasteiger partial charge in [0.25, 0.3) is 11.2 Å². The van der Waals surface area contributed by atoms with Crippen LogP contribution in [0, 0.1) is 17.0 Å². The highest BCUT2D eigenvalue weighted by atomic mass is 35.5. The molecular formula is C16H11Cl2N5O3. The van der Waals surface area contributed by atoms with Crippen LogP contribution in [0.2, 0.25) is 10.0 Å². The van der Waals surface area contributed by atoms with Crippen LogP contribution in [0.25, 0.3) is 5.69 Å². The number of nitro benzene ring substituents is 1. The molecule has 0 unspecified atom stereocenters. The molecule has 0 aliphatic rings. The minimum Gasteiger partial charge on any atom is -0.293 e. The highest BCUT2D eigenvalue weighted by molar-refractivity contribution is 6.42. The van der Waals surface area contributed by atoms with Gasteiger partial charge in [0.15, 0.2) is 5.69 Å². The zero-order valence-electron chi connectivity index (χ0n) is 13.3. The average Bonchev–Trinajstić information content (AvgIpc) is 2.90. The van der Waals surface area contributed by atoms with Crippen molar-refractivity contribution in [3.63, 3.8) is 0 Å². The summed E-state index contributed by atoms with van der Waals surface area (Å²) in [6.45, 7) is 1.66. The molecule has 0 amide bonds. The molecule has 0 saturated carbocycles. The number of halogens is 2. The molecule has 0 aliphatic carbocycles. The number of aromatic nitrogens is 2. The second-order valence-corrected chi connectivity index (χ2v) is 6.12. The van der Waals surface area contributed by atoms with Crippen LogP contribution in [-0.2, 0) is 0 Å². The van der Waals surface area contributed by atoms with Crippen LogP contribution in [0.15, 0.2) is 57.5 Å². The molecule has 2 aromatic carbocycles. The van der Waals surface area contributed by atoms with Crippen molar-refractivity contribution in [2.75, 3.05) is 0 Å². The fourth-order valence-electron chi connectivity index (χ4n) is 2.24. The third kappa shape index (κ3) is 3.51. The zero-order valence-corrected chi connectivity index (χ0v) is 14.8. The predicted octanol–water partition coefficient (Wildman–Crippen LogP) is 5.10. The van der Waals surface area contributed by atoms with Crippen molar-refractivity contribution >= 4 is 40.3 Å². The van der Waals surface area contributed by atoms with E-state index in [1.807, 2.05) is 0 Å². The summed E-state index contributed by atoms with van der Waals surface area (Å²) in [5.41, 5.74) is 0.776. The molecule has 3 aromatic rings. The van der Waals surface area contributed by atoms with Crippen molar-refractivity contribution in [3.05, 3.63) is 78.7 Å². The number of non-ortho nitro benzene ring substituents is 1. The van der Waals surface area contributed by atoms with Crippen LogP contribution in [0.3, 0.4) is 0 Å². The Morgan fingerprint density at radius 2 is 1.88 bits per heavy atom. The quantitative estimate of drug-likeness (QED) is 0.379. The largest absolute Gasteiger partial charge is 0.299 e. The number of rotatable bonds is 4. The maximum absolute atomic E-state index is 12.6. The standard InChI is InChI=1S/C16H11Cl2N5O3/c1-9-15(20-19-10-3-2-4-12(7-10)23(25)26)16(24)22(21-9)11-5-6-13(17)14(18)8-11/h2-8,21H,1H3. The average molecular weight is 392 g/mol. The Balaban J connectivity index is 1.98. The second kappa shape index (κ2) is 7.11. The lowest BCUT2D eigenvalue weighted by Crippen LogP contribution is -2.13. The Hall–Kier alpha value is -2.97. The number of aromatic amines is 1. The molecule has 1 aromatic heterocycles. The van der Waals surface area contributed by atoms with Crippen LogP contribution in [0.5, 0.6) is 0 Å². The van der Waals surface area contributed by atoms with Gasteiger partial charge in [0, 0.05) is 12.1 Å². The van der Waals surface area contributed by atoms with Crippen LogP contribution in [0.4, 0.5) is 17.1 Å². The molecular weight excluding hydrogens is 381 g/mol. The van der Waals surface area contributed by atoms with E-state index in [4.69, 9.17) is 23.2 Å². The fourth-order valence-corrected chi connectivity index (χ4v) is 2.53. The molecule has 0 aliphatic heterocycles. The van der Waals surface area contributed by atoms with Gasteiger partial charge in [-0.05, 0) is 31.2 Å². The minimum atomic E-state index is -0.530. The third-order valence-electron chi connectivity index (χ3n) is 3.51. The first kappa shape index (κ1) is 17.8. The summed E-state index contributed by atoms with van der Waals surface area (Å²) in [4.78, 5) is 22.8. The van der Waals surface area contributed by atoms with Crippen molar-refractivity contribution in [3.8, 4) is 5.69 Å². The normalized spacial score (nSPS) is 11.2. The van der Waals surface area contributed by atoms with E-state index in [1.165, 1.54) is 22.9 Å². The van der Waals surface area contributed by atoms with Gasteiger partial charge in [0.2, 0.25) is 0 Å². The summed E-state index contributed by atoms with van der Waals surface area (Å²) in [7, 11) is 0. The SMILES string of the molecule is Cc1[nH]n(-c2ccc(Cl)c(Cl)c2)c(=O)c1N=Nc1cccc([N+](=O)[O-])c1. The number of aryl methyl sites for hydroxylation is 1. The summed E-state index contributed by atoms with van der Waals surface area (Å²) in [6.07, 6.45) is 0. The number of azo groups is 1. The lowest BCUT2D eigenvalue weighted by Gasteiger charge is -2.02. The molecule has 0 bridgehead atoms. The molecule has 132 valence electrons. The topological polar surface area (TPSA) is 106 Å². The summed E-state index contributed by atoms with van der Waals surface area (Å²) in [6, 6.07) is 10.4. The molecule has 1 N–H and O–H groups in total. The van der Waals surface area contributed by atoms with Crippen LogP contribution in [-0.4, -0.2) is 14.7 Å². The molecule has 0 radical (unpaired) electrons.